The molecule has 2 nitrogen and oxygen atoms in total. The molecule has 80 valence electrons. The fraction of sp³-hybridized carbons (Fsp3) is 0.167. The van der Waals surface area contributed by atoms with Gasteiger partial charge in [0.2, 0.25) is 0 Å². The molecule has 0 atom stereocenters. The van der Waals surface area contributed by atoms with E-state index in [2.05, 4.69) is 12.1 Å². The molecule has 0 radical (unpaired) electrons. The molecule has 1 aromatic rings. The molecule has 1 rings (SSSR count). The monoisotopic (exact) mass is 223 g/mol. The second kappa shape index (κ2) is 6.27. The Morgan fingerprint density at radius 3 is 3.07 bits per heavy atom. The molecule has 1 aromatic carbocycles. The average molecular weight is 224 g/mol. The predicted octanol–water partition coefficient (Wildman–Crippen LogP) is 3.24. The summed E-state index contributed by atoms with van der Waals surface area (Å²) in [5, 5.41) is 0. The first-order valence-corrected chi connectivity index (χ1v) is 5.06. The molecule has 0 unspecified atom stereocenters. The average Bonchev–Trinajstić information content (AvgIpc) is 2.24. The molecule has 0 aromatic heterocycles. The van der Waals surface area contributed by atoms with Gasteiger partial charge in [-0.15, -0.1) is 0 Å². The maximum atomic E-state index is 5.34. The van der Waals surface area contributed by atoms with Crippen molar-refractivity contribution >= 4 is 17.3 Å². The first-order chi connectivity index (χ1) is 7.24. The molecule has 1 N–H and O–H groups in total. The van der Waals surface area contributed by atoms with Gasteiger partial charge in [-0.2, -0.15) is 0 Å². The molecule has 0 bridgehead atoms. The molecule has 0 saturated carbocycles. The quantitative estimate of drug-likeness (QED) is 0.611. The Kier molecular flexibility index (Phi) is 4.95. The van der Waals surface area contributed by atoms with Crippen LogP contribution in [-0.4, -0.2) is 6.61 Å². The molecule has 0 fully saturated rings. The normalized spacial score (nSPS) is 10.5. The van der Waals surface area contributed by atoms with Gasteiger partial charge in [0.25, 0.3) is 0 Å². The first kappa shape index (κ1) is 11.8. The van der Waals surface area contributed by atoms with Crippen LogP contribution in [0.1, 0.15) is 11.1 Å². The summed E-state index contributed by atoms with van der Waals surface area (Å²) in [6.07, 6.45) is 1.69. The van der Waals surface area contributed by atoms with Gasteiger partial charge in [-0.1, -0.05) is 41.9 Å². The Hall–Kier alpha value is -1.25. The van der Waals surface area contributed by atoms with E-state index < -0.39 is 0 Å². The number of benzene rings is 1. The van der Waals surface area contributed by atoms with E-state index in [0.29, 0.717) is 6.61 Å². The topological polar surface area (TPSA) is 21.3 Å². The maximum absolute atomic E-state index is 5.34. The summed E-state index contributed by atoms with van der Waals surface area (Å²) in [4.78, 5) is 5.11. The Bertz CT molecular complexity index is 360. The van der Waals surface area contributed by atoms with Gasteiger partial charge in [0.15, 0.2) is 0 Å². The van der Waals surface area contributed by atoms with E-state index in [1.807, 2.05) is 31.2 Å². The molecule has 0 heterocycles. The lowest BCUT2D eigenvalue weighted by Gasteiger charge is -2.08. The first-order valence-electron chi connectivity index (χ1n) is 4.63. The maximum Gasteiger partial charge on any atom is 0.0939 e. The number of halogens is 1. The van der Waals surface area contributed by atoms with Crippen molar-refractivity contribution in [2.45, 2.75) is 6.92 Å². The number of hydrogen-bond donors (Lipinski definition) is 1. The minimum absolute atomic E-state index is 0.411. The van der Waals surface area contributed by atoms with Crippen molar-refractivity contribution in [3.05, 3.63) is 53.6 Å². The molecule has 0 aliphatic carbocycles. The van der Waals surface area contributed by atoms with Crippen LogP contribution in [0.4, 0.5) is 0 Å². The van der Waals surface area contributed by atoms with Gasteiger partial charge in [-0.05, 0) is 24.6 Å². The van der Waals surface area contributed by atoms with E-state index in [9.17, 15) is 0 Å². The third kappa shape index (κ3) is 4.19. The summed E-state index contributed by atoms with van der Waals surface area (Å²) in [7, 11) is 0. The smallest absolute Gasteiger partial charge is 0.0939 e. The summed E-state index contributed by atoms with van der Waals surface area (Å²) >= 11 is 5.34. The van der Waals surface area contributed by atoms with Crippen molar-refractivity contribution in [1.29, 1.82) is 0 Å². The van der Waals surface area contributed by atoms with E-state index >= 15 is 0 Å². The van der Waals surface area contributed by atoms with E-state index in [-0.39, 0.29) is 0 Å². The summed E-state index contributed by atoms with van der Waals surface area (Å²) in [6, 6.07) is 8.03. The molecular weight excluding hydrogens is 210 g/mol. The van der Waals surface area contributed by atoms with Gasteiger partial charge in [0.05, 0.1) is 12.3 Å². The number of nitrogens with one attached hydrogen (secondary N) is 1. The molecule has 15 heavy (non-hydrogen) atoms. The zero-order valence-electron chi connectivity index (χ0n) is 8.66. The van der Waals surface area contributed by atoms with Gasteiger partial charge in [-0.25, -0.2) is 0 Å². The van der Waals surface area contributed by atoms with Crippen LogP contribution in [-0.2, 0) is 4.84 Å². The molecule has 0 amide bonds. The van der Waals surface area contributed by atoms with Crippen molar-refractivity contribution in [2.75, 3.05) is 6.61 Å². The third-order valence-electron chi connectivity index (χ3n) is 1.83. The fourth-order valence-corrected chi connectivity index (χ4v) is 1.18. The van der Waals surface area contributed by atoms with Crippen molar-refractivity contribution in [3.8, 4) is 0 Å². The van der Waals surface area contributed by atoms with Gasteiger partial charge >= 0.3 is 0 Å². The van der Waals surface area contributed by atoms with Crippen LogP contribution in [0.25, 0.3) is 5.70 Å². The van der Waals surface area contributed by atoms with Gasteiger partial charge in [0, 0.05) is 5.54 Å². The zero-order chi connectivity index (χ0) is 11.1. The van der Waals surface area contributed by atoms with E-state index in [0.717, 1.165) is 11.3 Å². The highest BCUT2D eigenvalue weighted by Gasteiger charge is 1.97. The Balaban J connectivity index is 2.47. The van der Waals surface area contributed by atoms with Crippen molar-refractivity contribution < 1.29 is 4.84 Å². The minimum atomic E-state index is 0.411. The van der Waals surface area contributed by atoms with E-state index in [1.54, 1.807) is 6.08 Å². The lowest BCUT2D eigenvalue weighted by Crippen LogP contribution is -2.12. The second-order valence-electron chi connectivity index (χ2n) is 3.12. The summed E-state index contributed by atoms with van der Waals surface area (Å²) in [6.45, 7) is 6.32. The van der Waals surface area contributed by atoms with Crippen molar-refractivity contribution in [2.24, 2.45) is 0 Å². The number of hydroxylamine groups is 1. The SMILES string of the molecule is C=C(NOCC=CCl)c1cccc(C)c1. The van der Waals surface area contributed by atoms with Crippen LogP contribution in [0.3, 0.4) is 0 Å². The second-order valence-corrected chi connectivity index (χ2v) is 3.37. The highest BCUT2D eigenvalue weighted by Crippen LogP contribution is 2.10. The molecular formula is C12H14ClNO. The van der Waals surface area contributed by atoms with E-state index in [1.165, 1.54) is 11.1 Å². The van der Waals surface area contributed by atoms with Gasteiger partial charge in [0.1, 0.15) is 0 Å². The summed E-state index contributed by atoms with van der Waals surface area (Å²) in [5.74, 6) is 0. The molecule has 3 heteroatoms. The van der Waals surface area contributed by atoms with Crippen LogP contribution >= 0.6 is 11.6 Å². The Morgan fingerprint density at radius 1 is 1.60 bits per heavy atom. The molecule has 0 aliphatic rings. The highest BCUT2D eigenvalue weighted by molar-refractivity contribution is 6.25. The number of aryl methyl sites for hydroxylation is 1. The predicted molar refractivity (Wildman–Crippen MR) is 64.3 cm³/mol. The summed E-state index contributed by atoms with van der Waals surface area (Å²) in [5.41, 5.74) is 7.12. The van der Waals surface area contributed by atoms with Crippen LogP contribution in [0.5, 0.6) is 0 Å². The van der Waals surface area contributed by atoms with Crippen LogP contribution in [0.15, 0.2) is 42.5 Å². The van der Waals surface area contributed by atoms with Gasteiger partial charge < -0.3 is 0 Å². The largest absolute Gasteiger partial charge is 0.272 e. The van der Waals surface area contributed by atoms with Crippen molar-refractivity contribution in [1.82, 2.24) is 5.48 Å². The minimum Gasteiger partial charge on any atom is -0.272 e. The zero-order valence-corrected chi connectivity index (χ0v) is 9.42. The summed E-state index contributed by atoms with van der Waals surface area (Å²) < 4.78 is 0. The third-order valence-corrected chi connectivity index (χ3v) is 2.01. The fourth-order valence-electron chi connectivity index (χ4n) is 1.10. The highest BCUT2D eigenvalue weighted by atomic mass is 35.5. The lowest BCUT2D eigenvalue weighted by molar-refractivity contribution is 0.103. The number of rotatable bonds is 5. The lowest BCUT2D eigenvalue weighted by atomic mass is 10.1. The van der Waals surface area contributed by atoms with Crippen molar-refractivity contribution in [3.63, 3.8) is 0 Å². The van der Waals surface area contributed by atoms with Crippen LogP contribution in [0, 0.1) is 6.92 Å². The van der Waals surface area contributed by atoms with Gasteiger partial charge in [-0.3, -0.25) is 10.3 Å². The standard InChI is InChI=1S/C12H14ClNO/c1-10-5-3-6-12(9-10)11(2)14-15-8-4-7-13/h3-7,9,14H,2,8H2,1H3. The number of hydrogen-bond acceptors (Lipinski definition) is 2. The Morgan fingerprint density at radius 2 is 2.40 bits per heavy atom. The van der Waals surface area contributed by atoms with Crippen LogP contribution in [0.2, 0.25) is 0 Å². The van der Waals surface area contributed by atoms with E-state index in [4.69, 9.17) is 16.4 Å². The molecule has 0 spiro atoms. The molecule has 0 aliphatic heterocycles. The molecule has 0 saturated heterocycles. The van der Waals surface area contributed by atoms with Crippen LogP contribution < -0.4 is 5.48 Å². The Labute approximate surface area is 95.2 Å².